The molecule has 0 saturated heterocycles. The molecule has 1 aliphatic carbocycles. The smallest absolute Gasteiger partial charge is 0.269 e. The van der Waals surface area contributed by atoms with Crippen molar-refractivity contribution in [2.45, 2.75) is 38.6 Å². The number of aryl methyl sites for hydroxylation is 3. The number of rotatable bonds is 4. The Morgan fingerprint density at radius 3 is 2.68 bits per heavy atom. The number of nitrogens with two attached hydrogens (primary N) is 1. The van der Waals surface area contributed by atoms with E-state index in [1.807, 2.05) is 13.0 Å². The van der Waals surface area contributed by atoms with Crippen molar-refractivity contribution in [3.63, 3.8) is 0 Å². The summed E-state index contributed by atoms with van der Waals surface area (Å²) in [5, 5.41) is 11.0. The first-order valence-electron chi connectivity index (χ1n) is 7.74. The van der Waals surface area contributed by atoms with Crippen LogP contribution in [0.1, 0.15) is 47.2 Å². The lowest BCUT2D eigenvalue weighted by Gasteiger charge is -2.17. The van der Waals surface area contributed by atoms with Crippen molar-refractivity contribution in [3.05, 3.63) is 74.3 Å². The Balaban J connectivity index is 2.02. The molecule has 0 radical (unpaired) electrons. The van der Waals surface area contributed by atoms with Gasteiger partial charge in [0, 0.05) is 12.1 Å². The van der Waals surface area contributed by atoms with Gasteiger partial charge in [0.2, 0.25) is 0 Å². The number of nitro benzene ring substituents is 1. The highest BCUT2D eigenvalue weighted by atomic mass is 16.6. The maximum absolute atomic E-state index is 11.0. The summed E-state index contributed by atoms with van der Waals surface area (Å²) >= 11 is 0. The lowest BCUT2D eigenvalue weighted by molar-refractivity contribution is -0.384. The second-order valence-corrected chi connectivity index (χ2v) is 5.85. The zero-order chi connectivity index (χ0) is 15.7. The molecule has 0 saturated carbocycles. The minimum atomic E-state index is -0.363. The third kappa shape index (κ3) is 2.62. The first-order chi connectivity index (χ1) is 10.6. The Morgan fingerprint density at radius 1 is 1.18 bits per heavy atom. The molecule has 3 rings (SSSR count). The number of non-ortho nitro benzene ring substituents is 1. The van der Waals surface area contributed by atoms with Gasteiger partial charge in [0.1, 0.15) is 0 Å². The molecule has 0 heterocycles. The van der Waals surface area contributed by atoms with Crippen molar-refractivity contribution in [1.29, 1.82) is 0 Å². The van der Waals surface area contributed by atoms with E-state index in [9.17, 15) is 10.1 Å². The molecule has 0 bridgehead atoms. The molecule has 4 nitrogen and oxygen atoms in total. The van der Waals surface area contributed by atoms with E-state index >= 15 is 0 Å². The van der Waals surface area contributed by atoms with Gasteiger partial charge in [-0.2, -0.15) is 0 Å². The highest BCUT2D eigenvalue weighted by molar-refractivity contribution is 5.46. The number of hydrogen-bond donors (Lipinski definition) is 1. The van der Waals surface area contributed by atoms with Gasteiger partial charge in [-0.15, -0.1) is 0 Å². The molecule has 1 aliphatic rings. The van der Waals surface area contributed by atoms with E-state index in [0.29, 0.717) is 0 Å². The van der Waals surface area contributed by atoms with Crippen molar-refractivity contribution in [3.8, 4) is 0 Å². The lowest BCUT2D eigenvalue weighted by atomic mass is 9.92. The van der Waals surface area contributed by atoms with Gasteiger partial charge in [0.05, 0.1) is 11.0 Å². The Labute approximate surface area is 130 Å². The summed E-state index contributed by atoms with van der Waals surface area (Å²) in [5.41, 5.74) is 12.3. The fourth-order valence-corrected chi connectivity index (χ4v) is 3.27. The molecule has 0 aliphatic heterocycles. The molecule has 2 aromatic rings. The van der Waals surface area contributed by atoms with Crippen LogP contribution in [0.3, 0.4) is 0 Å². The van der Waals surface area contributed by atoms with E-state index in [2.05, 4.69) is 18.2 Å². The summed E-state index contributed by atoms with van der Waals surface area (Å²) in [7, 11) is 0. The Hall–Kier alpha value is -2.20. The number of nitrogens with zero attached hydrogens (tertiary/aromatic N) is 1. The first-order valence-corrected chi connectivity index (χ1v) is 7.74. The summed E-state index contributed by atoms with van der Waals surface area (Å²) in [6, 6.07) is 11.1. The van der Waals surface area contributed by atoms with Gasteiger partial charge in [0.25, 0.3) is 5.69 Å². The van der Waals surface area contributed by atoms with E-state index in [-0.39, 0.29) is 16.7 Å². The molecule has 1 atom stereocenters. The Kier molecular flexibility index (Phi) is 3.94. The van der Waals surface area contributed by atoms with Crippen LogP contribution < -0.4 is 5.73 Å². The normalized spacial score (nSPS) is 14.6. The Morgan fingerprint density at radius 2 is 1.95 bits per heavy atom. The first kappa shape index (κ1) is 14.7. The zero-order valence-electron chi connectivity index (χ0n) is 12.7. The molecule has 2 N–H and O–H groups in total. The average Bonchev–Trinajstić information content (AvgIpc) is 3.00. The van der Waals surface area contributed by atoms with Gasteiger partial charge in [-0.3, -0.25) is 10.1 Å². The van der Waals surface area contributed by atoms with Crippen molar-refractivity contribution in [2.75, 3.05) is 0 Å². The third-order valence-corrected chi connectivity index (χ3v) is 4.54. The Bertz CT molecular complexity index is 725. The number of nitro groups is 1. The second kappa shape index (κ2) is 5.89. The highest BCUT2D eigenvalue weighted by Crippen LogP contribution is 2.30. The van der Waals surface area contributed by atoms with Gasteiger partial charge in [-0.05, 0) is 53.5 Å². The second-order valence-electron chi connectivity index (χ2n) is 5.85. The van der Waals surface area contributed by atoms with Crippen LogP contribution in [0.4, 0.5) is 5.69 Å². The van der Waals surface area contributed by atoms with Crippen molar-refractivity contribution >= 4 is 5.69 Å². The summed E-state index contributed by atoms with van der Waals surface area (Å²) in [6.07, 6.45) is 4.25. The molecule has 22 heavy (non-hydrogen) atoms. The predicted octanol–water partition coefficient (Wildman–Crippen LogP) is 3.69. The molecule has 1 unspecified atom stereocenters. The van der Waals surface area contributed by atoms with Gasteiger partial charge in [-0.1, -0.05) is 31.2 Å². The minimum Gasteiger partial charge on any atom is -0.320 e. The SMILES string of the molecule is CCc1ccc([N+](=O)[O-])cc1C(N)c1ccc2c(c1)CCC2. The van der Waals surface area contributed by atoms with E-state index in [1.165, 1.54) is 17.5 Å². The van der Waals surface area contributed by atoms with Crippen molar-refractivity contribution in [1.82, 2.24) is 0 Å². The molecular formula is C18H20N2O2. The molecule has 2 aromatic carbocycles. The van der Waals surface area contributed by atoms with Crippen LogP contribution in [0.5, 0.6) is 0 Å². The highest BCUT2D eigenvalue weighted by Gasteiger charge is 2.19. The van der Waals surface area contributed by atoms with E-state index in [0.717, 1.165) is 36.0 Å². The fourth-order valence-electron chi connectivity index (χ4n) is 3.27. The number of fused-ring (bicyclic) bond motifs is 1. The third-order valence-electron chi connectivity index (χ3n) is 4.54. The van der Waals surface area contributed by atoms with E-state index in [4.69, 9.17) is 5.73 Å². The fraction of sp³-hybridized carbons (Fsp3) is 0.333. The summed E-state index contributed by atoms with van der Waals surface area (Å²) < 4.78 is 0. The summed E-state index contributed by atoms with van der Waals surface area (Å²) in [6.45, 7) is 2.04. The quantitative estimate of drug-likeness (QED) is 0.691. The lowest BCUT2D eigenvalue weighted by Crippen LogP contribution is -2.14. The summed E-state index contributed by atoms with van der Waals surface area (Å²) in [5.74, 6) is 0. The van der Waals surface area contributed by atoms with Crippen LogP contribution in [0.25, 0.3) is 0 Å². The van der Waals surface area contributed by atoms with Crippen LogP contribution >= 0.6 is 0 Å². The van der Waals surface area contributed by atoms with Crippen LogP contribution in [-0.4, -0.2) is 4.92 Å². The number of hydrogen-bond acceptors (Lipinski definition) is 3. The number of benzene rings is 2. The molecular weight excluding hydrogens is 276 g/mol. The van der Waals surface area contributed by atoms with Crippen molar-refractivity contribution < 1.29 is 4.92 Å². The van der Waals surface area contributed by atoms with E-state index in [1.54, 1.807) is 12.1 Å². The zero-order valence-corrected chi connectivity index (χ0v) is 12.7. The standard InChI is InChI=1S/C18H20N2O2/c1-2-12-8-9-16(20(21)22)11-17(12)18(19)15-7-6-13-4-3-5-14(13)10-15/h6-11,18H,2-5,19H2,1H3. The van der Waals surface area contributed by atoms with Gasteiger partial charge in [-0.25, -0.2) is 0 Å². The average molecular weight is 296 g/mol. The van der Waals surface area contributed by atoms with E-state index < -0.39 is 0 Å². The van der Waals surface area contributed by atoms with Crippen LogP contribution in [0.15, 0.2) is 36.4 Å². The maximum atomic E-state index is 11.0. The van der Waals surface area contributed by atoms with Gasteiger partial charge < -0.3 is 5.73 Å². The van der Waals surface area contributed by atoms with Gasteiger partial charge in [0.15, 0.2) is 0 Å². The van der Waals surface area contributed by atoms with Gasteiger partial charge >= 0.3 is 0 Å². The van der Waals surface area contributed by atoms with Crippen LogP contribution in [-0.2, 0) is 19.3 Å². The molecule has 4 heteroatoms. The predicted molar refractivity (Wildman–Crippen MR) is 87.0 cm³/mol. The minimum absolute atomic E-state index is 0.101. The largest absolute Gasteiger partial charge is 0.320 e. The molecule has 0 aromatic heterocycles. The topological polar surface area (TPSA) is 69.2 Å². The molecule has 0 amide bonds. The summed E-state index contributed by atoms with van der Waals surface area (Å²) in [4.78, 5) is 10.7. The monoisotopic (exact) mass is 296 g/mol. The van der Waals surface area contributed by atoms with Crippen LogP contribution in [0, 0.1) is 10.1 Å². The maximum Gasteiger partial charge on any atom is 0.269 e. The molecule has 0 spiro atoms. The van der Waals surface area contributed by atoms with Crippen LogP contribution in [0.2, 0.25) is 0 Å². The molecule has 0 fully saturated rings. The van der Waals surface area contributed by atoms with Crippen molar-refractivity contribution in [2.24, 2.45) is 5.73 Å². The molecule has 114 valence electrons.